The molecule has 0 spiro atoms. The maximum Gasteiger partial charge on any atom is 0.254 e. The van der Waals surface area contributed by atoms with Gasteiger partial charge in [0.2, 0.25) is 11.8 Å². The molecule has 8 heteroatoms. The summed E-state index contributed by atoms with van der Waals surface area (Å²) in [6.45, 7) is 2.01. The lowest BCUT2D eigenvalue weighted by Gasteiger charge is -2.32. The molecule has 2 aromatic rings. The van der Waals surface area contributed by atoms with Crippen molar-refractivity contribution in [3.8, 4) is 5.88 Å². The lowest BCUT2D eigenvalue weighted by atomic mass is 9.98. The summed E-state index contributed by atoms with van der Waals surface area (Å²) in [4.78, 5) is 23.0. The molecular weight excluding hydrogens is 359 g/mol. The standard InChI is InChI=1S/C18H20ClFN4O2/c1-26-16-6-7-21-18(23-16)24-8-2-3-12(11-24)10-22-17(25)14-9-13(19)4-5-15(14)20/h4-7,9,12H,2-3,8,10-11H2,1H3,(H,22,25). The van der Waals surface area contributed by atoms with Crippen molar-refractivity contribution in [2.75, 3.05) is 31.6 Å². The molecule has 0 bridgehead atoms. The van der Waals surface area contributed by atoms with Crippen LogP contribution in [0.2, 0.25) is 5.02 Å². The van der Waals surface area contributed by atoms with Crippen LogP contribution in [-0.2, 0) is 0 Å². The monoisotopic (exact) mass is 378 g/mol. The van der Waals surface area contributed by atoms with Gasteiger partial charge in [0, 0.05) is 36.9 Å². The van der Waals surface area contributed by atoms with Gasteiger partial charge in [-0.1, -0.05) is 11.6 Å². The van der Waals surface area contributed by atoms with Crippen molar-refractivity contribution in [3.63, 3.8) is 0 Å². The Morgan fingerprint density at radius 1 is 1.46 bits per heavy atom. The number of hydrogen-bond acceptors (Lipinski definition) is 5. The maximum atomic E-state index is 13.8. The average molecular weight is 379 g/mol. The molecule has 26 heavy (non-hydrogen) atoms. The number of methoxy groups -OCH3 is 1. The highest BCUT2D eigenvalue weighted by atomic mass is 35.5. The van der Waals surface area contributed by atoms with Crippen LogP contribution in [-0.4, -0.2) is 42.6 Å². The van der Waals surface area contributed by atoms with E-state index in [2.05, 4.69) is 20.2 Å². The Bertz CT molecular complexity index is 790. The number of carbonyl (C=O) groups excluding carboxylic acids is 1. The SMILES string of the molecule is COc1ccnc(N2CCCC(CNC(=O)c3cc(Cl)ccc3F)C2)n1. The van der Waals surface area contributed by atoms with Gasteiger partial charge < -0.3 is 15.0 Å². The van der Waals surface area contributed by atoms with E-state index in [1.54, 1.807) is 19.4 Å². The van der Waals surface area contributed by atoms with Gasteiger partial charge in [-0.15, -0.1) is 0 Å². The molecule has 1 N–H and O–H groups in total. The van der Waals surface area contributed by atoms with Crippen LogP contribution in [0, 0.1) is 11.7 Å². The fourth-order valence-corrected chi connectivity index (χ4v) is 3.19. The van der Waals surface area contributed by atoms with E-state index in [-0.39, 0.29) is 11.5 Å². The molecule has 0 saturated carbocycles. The molecule has 1 unspecified atom stereocenters. The van der Waals surface area contributed by atoms with Crippen LogP contribution in [0.1, 0.15) is 23.2 Å². The number of nitrogens with one attached hydrogen (secondary N) is 1. The number of rotatable bonds is 5. The number of amides is 1. The Morgan fingerprint density at radius 3 is 3.12 bits per heavy atom. The first-order valence-electron chi connectivity index (χ1n) is 8.42. The molecule has 2 heterocycles. The number of aromatic nitrogens is 2. The van der Waals surface area contributed by atoms with Crippen LogP contribution in [0.25, 0.3) is 0 Å². The van der Waals surface area contributed by atoms with Crippen molar-refractivity contribution < 1.29 is 13.9 Å². The Balaban J connectivity index is 1.60. The smallest absolute Gasteiger partial charge is 0.254 e. The van der Waals surface area contributed by atoms with Crippen LogP contribution >= 0.6 is 11.6 Å². The van der Waals surface area contributed by atoms with Gasteiger partial charge in [-0.25, -0.2) is 9.37 Å². The van der Waals surface area contributed by atoms with Gasteiger partial charge in [0.15, 0.2) is 0 Å². The van der Waals surface area contributed by atoms with E-state index in [1.807, 2.05) is 0 Å². The predicted molar refractivity (Wildman–Crippen MR) is 97.3 cm³/mol. The largest absolute Gasteiger partial charge is 0.481 e. The summed E-state index contributed by atoms with van der Waals surface area (Å²) >= 11 is 5.84. The first kappa shape index (κ1) is 18.4. The zero-order valence-electron chi connectivity index (χ0n) is 14.4. The van der Waals surface area contributed by atoms with Gasteiger partial charge in [0.25, 0.3) is 5.91 Å². The van der Waals surface area contributed by atoms with Gasteiger partial charge in [-0.05, 0) is 37.0 Å². The van der Waals surface area contributed by atoms with Gasteiger partial charge in [-0.3, -0.25) is 4.79 Å². The van der Waals surface area contributed by atoms with Crippen LogP contribution in [0.5, 0.6) is 5.88 Å². The average Bonchev–Trinajstić information content (AvgIpc) is 2.68. The van der Waals surface area contributed by atoms with Crippen LogP contribution in [0.4, 0.5) is 10.3 Å². The molecule has 3 rings (SSSR count). The molecule has 6 nitrogen and oxygen atoms in total. The molecule has 1 aliphatic rings. The van der Waals surface area contributed by atoms with Crippen molar-refractivity contribution in [1.82, 2.24) is 15.3 Å². The summed E-state index contributed by atoms with van der Waals surface area (Å²) in [5.74, 6) is 0.314. The highest BCUT2D eigenvalue weighted by molar-refractivity contribution is 6.31. The molecule has 0 radical (unpaired) electrons. The van der Waals surface area contributed by atoms with Crippen molar-refractivity contribution >= 4 is 23.5 Å². The Hall–Kier alpha value is -2.41. The third kappa shape index (κ3) is 4.40. The van der Waals surface area contributed by atoms with Crippen molar-refractivity contribution in [3.05, 3.63) is 46.9 Å². The molecule has 0 aliphatic carbocycles. The number of hydrogen-bond donors (Lipinski definition) is 1. The minimum atomic E-state index is -0.582. The van der Waals surface area contributed by atoms with Gasteiger partial charge in [-0.2, -0.15) is 4.98 Å². The number of halogens is 2. The van der Waals surface area contributed by atoms with E-state index >= 15 is 0 Å². The normalized spacial score (nSPS) is 17.0. The van der Waals surface area contributed by atoms with Gasteiger partial charge in [0.05, 0.1) is 12.7 Å². The lowest BCUT2D eigenvalue weighted by molar-refractivity contribution is 0.0941. The maximum absolute atomic E-state index is 13.8. The molecule has 138 valence electrons. The Labute approximate surface area is 156 Å². The van der Waals surface area contributed by atoms with Gasteiger partial charge in [0.1, 0.15) is 5.82 Å². The molecule has 1 aromatic heterocycles. The highest BCUT2D eigenvalue weighted by Gasteiger charge is 2.23. The number of nitrogens with zero attached hydrogens (tertiary/aromatic N) is 3. The van der Waals surface area contributed by atoms with E-state index in [1.165, 1.54) is 18.2 Å². The van der Waals surface area contributed by atoms with Crippen molar-refractivity contribution in [1.29, 1.82) is 0 Å². The van der Waals surface area contributed by atoms with E-state index in [0.29, 0.717) is 29.9 Å². The number of piperidine rings is 1. The number of ether oxygens (including phenoxy) is 1. The minimum Gasteiger partial charge on any atom is -0.481 e. The van der Waals surface area contributed by atoms with Crippen molar-refractivity contribution in [2.45, 2.75) is 12.8 Å². The quantitative estimate of drug-likeness (QED) is 0.866. The summed E-state index contributed by atoms with van der Waals surface area (Å²) in [5, 5.41) is 3.13. The lowest BCUT2D eigenvalue weighted by Crippen LogP contribution is -2.41. The molecule has 1 saturated heterocycles. The molecule has 1 atom stereocenters. The minimum absolute atomic E-state index is 0.0405. The zero-order chi connectivity index (χ0) is 18.5. The number of anilines is 1. The number of benzene rings is 1. The fourth-order valence-electron chi connectivity index (χ4n) is 3.02. The van der Waals surface area contributed by atoms with Crippen LogP contribution in [0.3, 0.4) is 0 Å². The predicted octanol–water partition coefficient (Wildman–Crippen LogP) is 2.92. The summed E-state index contributed by atoms with van der Waals surface area (Å²) in [5.41, 5.74) is -0.0405. The molecule has 1 fully saturated rings. The van der Waals surface area contributed by atoms with E-state index < -0.39 is 11.7 Å². The summed E-state index contributed by atoms with van der Waals surface area (Å²) < 4.78 is 18.9. The Morgan fingerprint density at radius 2 is 2.31 bits per heavy atom. The molecular formula is C18H20ClFN4O2. The van der Waals surface area contributed by atoms with Crippen molar-refractivity contribution in [2.24, 2.45) is 5.92 Å². The van der Waals surface area contributed by atoms with Crippen LogP contribution in [0.15, 0.2) is 30.5 Å². The Kier molecular flexibility index (Phi) is 5.88. The summed E-state index contributed by atoms with van der Waals surface area (Å²) in [6, 6.07) is 5.65. The number of carbonyl (C=O) groups is 1. The fraction of sp³-hybridized carbons (Fsp3) is 0.389. The third-order valence-electron chi connectivity index (χ3n) is 4.35. The van der Waals surface area contributed by atoms with Gasteiger partial charge >= 0.3 is 0 Å². The molecule has 1 aromatic carbocycles. The van der Waals surface area contributed by atoms with E-state index in [0.717, 1.165) is 19.4 Å². The second-order valence-corrected chi connectivity index (χ2v) is 6.62. The third-order valence-corrected chi connectivity index (χ3v) is 4.59. The van der Waals surface area contributed by atoms with E-state index in [4.69, 9.17) is 16.3 Å². The summed E-state index contributed by atoms with van der Waals surface area (Å²) in [6.07, 6.45) is 3.60. The molecule has 1 aliphatic heterocycles. The topological polar surface area (TPSA) is 67.3 Å². The second-order valence-electron chi connectivity index (χ2n) is 6.19. The first-order chi connectivity index (χ1) is 12.6. The van der Waals surface area contributed by atoms with E-state index in [9.17, 15) is 9.18 Å². The first-order valence-corrected chi connectivity index (χ1v) is 8.80. The second kappa shape index (κ2) is 8.31. The van der Waals surface area contributed by atoms with Crippen LogP contribution < -0.4 is 15.0 Å². The summed E-state index contributed by atoms with van der Waals surface area (Å²) in [7, 11) is 1.57. The molecule has 1 amide bonds. The zero-order valence-corrected chi connectivity index (χ0v) is 15.2. The highest BCUT2D eigenvalue weighted by Crippen LogP contribution is 2.21.